The minimum atomic E-state index is -0.947. The zero-order valence-electron chi connectivity index (χ0n) is 13.5. The summed E-state index contributed by atoms with van der Waals surface area (Å²) in [5.41, 5.74) is 5.49. The Hall–Kier alpha value is -2.29. The van der Waals surface area contributed by atoms with Crippen LogP contribution in [0.4, 0.5) is 0 Å². The summed E-state index contributed by atoms with van der Waals surface area (Å²) in [6.07, 6.45) is -0.534. The molecule has 0 unspecified atom stereocenters. The van der Waals surface area contributed by atoms with E-state index in [4.69, 9.17) is 4.74 Å². The van der Waals surface area contributed by atoms with E-state index < -0.39 is 12.1 Å². The van der Waals surface area contributed by atoms with Gasteiger partial charge in [-0.1, -0.05) is 35.4 Å². The third-order valence-electron chi connectivity index (χ3n) is 3.73. The highest BCUT2D eigenvalue weighted by Crippen LogP contribution is 2.20. The first-order valence-electron chi connectivity index (χ1n) is 7.39. The van der Waals surface area contributed by atoms with E-state index in [1.807, 2.05) is 58.0 Å². The van der Waals surface area contributed by atoms with E-state index in [1.54, 1.807) is 0 Å². The molecule has 2 rings (SSSR count). The largest absolute Gasteiger partial charge is 0.478 e. The fourth-order valence-corrected chi connectivity index (χ4v) is 2.53. The third kappa shape index (κ3) is 4.10. The van der Waals surface area contributed by atoms with E-state index in [2.05, 4.69) is 6.07 Å². The van der Waals surface area contributed by atoms with Crippen molar-refractivity contribution in [3.8, 4) is 5.75 Å². The Kier molecular flexibility index (Phi) is 4.86. The Morgan fingerprint density at radius 2 is 1.64 bits per heavy atom. The van der Waals surface area contributed by atoms with Crippen LogP contribution >= 0.6 is 0 Å². The number of aliphatic carboxylic acids is 1. The maximum Gasteiger partial charge on any atom is 0.345 e. The molecule has 0 aliphatic carbocycles. The standard InChI is InChI=1S/C19H22O3/c1-12-7-13(2)9-16(8-12)11-18(19(20)21)22-17-6-5-14(3)15(4)10-17/h5-10,18H,11H2,1-4H3,(H,20,21)/t18-/m1/s1. The van der Waals surface area contributed by atoms with Crippen molar-refractivity contribution in [3.05, 3.63) is 64.2 Å². The highest BCUT2D eigenvalue weighted by Gasteiger charge is 2.20. The van der Waals surface area contributed by atoms with Crippen molar-refractivity contribution in [1.82, 2.24) is 0 Å². The molecule has 1 atom stereocenters. The molecule has 2 aromatic rings. The van der Waals surface area contributed by atoms with Crippen LogP contribution in [-0.2, 0) is 11.2 Å². The highest BCUT2D eigenvalue weighted by molar-refractivity contribution is 5.73. The average Bonchev–Trinajstić information content (AvgIpc) is 2.41. The van der Waals surface area contributed by atoms with Gasteiger partial charge in [-0.05, 0) is 56.5 Å². The van der Waals surface area contributed by atoms with Gasteiger partial charge < -0.3 is 9.84 Å². The molecule has 0 amide bonds. The molecule has 2 aromatic carbocycles. The highest BCUT2D eigenvalue weighted by atomic mass is 16.5. The van der Waals surface area contributed by atoms with Gasteiger partial charge in [-0.25, -0.2) is 4.79 Å². The van der Waals surface area contributed by atoms with Crippen molar-refractivity contribution in [2.75, 3.05) is 0 Å². The molecule has 0 saturated carbocycles. The minimum absolute atomic E-state index is 0.352. The normalized spacial score (nSPS) is 12.0. The molecule has 0 fully saturated rings. The van der Waals surface area contributed by atoms with E-state index in [9.17, 15) is 9.90 Å². The zero-order valence-corrected chi connectivity index (χ0v) is 13.5. The van der Waals surface area contributed by atoms with Gasteiger partial charge in [-0.15, -0.1) is 0 Å². The van der Waals surface area contributed by atoms with E-state index in [0.717, 1.165) is 27.8 Å². The van der Waals surface area contributed by atoms with Gasteiger partial charge in [0.05, 0.1) is 0 Å². The van der Waals surface area contributed by atoms with Crippen LogP contribution in [0.25, 0.3) is 0 Å². The van der Waals surface area contributed by atoms with Gasteiger partial charge in [0.15, 0.2) is 6.10 Å². The summed E-state index contributed by atoms with van der Waals surface area (Å²) in [6, 6.07) is 11.7. The molecule has 0 aliphatic heterocycles. The van der Waals surface area contributed by atoms with Crippen LogP contribution in [0.3, 0.4) is 0 Å². The Balaban J connectivity index is 2.19. The maximum atomic E-state index is 11.5. The average molecular weight is 298 g/mol. The molecule has 3 nitrogen and oxygen atoms in total. The number of aryl methyl sites for hydroxylation is 4. The van der Waals surface area contributed by atoms with Gasteiger partial charge in [0.2, 0.25) is 0 Å². The van der Waals surface area contributed by atoms with E-state index in [1.165, 1.54) is 0 Å². The Morgan fingerprint density at radius 3 is 2.18 bits per heavy atom. The topological polar surface area (TPSA) is 46.5 Å². The van der Waals surface area contributed by atoms with Gasteiger partial charge in [-0.2, -0.15) is 0 Å². The van der Waals surface area contributed by atoms with E-state index in [0.29, 0.717) is 12.2 Å². The van der Waals surface area contributed by atoms with Crippen molar-refractivity contribution in [2.45, 2.75) is 40.2 Å². The lowest BCUT2D eigenvalue weighted by molar-refractivity contribution is -0.145. The Morgan fingerprint density at radius 1 is 1.00 bits per heavy atom. The summed E-state index contributed by atoms with van der Waals surface area (Å²) in [5.74, 6) is -0.350. The van der Waals surface area contributed by atoms with Crippen LogP contribution in [-0.4, -0.2) is 17.2 Å². The predicted octanol–water partition coefficient (Wildman–Crippen LogP) is 3.99. The molecule has 0 aromatic heterocycles. The molecule has 116 valence electrons. The molecular weight excluding hydrogens is 276 g/mol. The number of rotatable bonds is 5. The lowest BCUT2D eigenvalue weighted by atomic mass is 10.0. The summed E-state index contributed by atoms with van der Waals surface area (Å²) < 4.78 is 5.70. The molecule has 0 spiro atoms. The van der Waals surface area contributed by atoms with Gasteiger partial charge >= 0.3 is 5.97 Å². The van der Waals surface area contributed by atoms with Crippen LogP contribution in [0, 0.1) is 27.7 Å². The number of carbonyl (C=O) groups is 1. The van der Waals surface area contributed by atoms with Gasteiger partial charge in [0.25, 0.3) is 0 Å². The first kappa shape index (κ1) is 16.1. The lowest BCUT2D eigenvalue weighted by Crippen LogP contribution is -2.29. The van der Waals surface area contributed by atoms with Gasteiger partial charge in [0, 0.05) is 6.42 Å². The summed E-state index contributed by atoms with van der Waals surface area (Å²) >= 11 is 0. The molecule has 3 heteroatoms. The smallest absolute Gasteiger partial charge is 0.345 e. The molecule has 0 radical (unpaired) electrons. The van der Waals surface area contributed by atoms with Gasteiger partial charge in [-0.3, -0.25) is 0 Å². The lowest BCUT2D eigenvalue weighted by Gasteiger charge is -2.17. The fraction of sp³-hybridized carbons (Fsp3) is 0.316. The fourth-order valence-electron chi connectivity index (χ4n) is 2.53. The Bertz CT molecular complexity index is 669. The number of benzene rings is 2. The number of ether oxygens (including phenoxy) is 1. The third-order valence-corrected chi connectivity index (χ3v) is 3.73. The molecule has 0 bridgehead atoms. The van der Waals surface area contributed by atoms with E-state index in [-0.39, 0.29) is 0 Å². The molecule has 22 heavy (non-hydrogen) atoms. The number of carboxylic acids is 1. The first-order chi connectivity index (χ1) is 10.3. The SMILES string of the molecule is Cc1cc(C)cc(C[C@@H](Oc2ccc(C)c(C)c2)C(=O)O)c1. The monoisotopic (exact) mass is 298 g/mol. The molecule has 1 N–H and O–H groups in total. The van der Waals surface area contributed by atoms with Crippen molar-refractivity contribution in [2.24, 2.45) is 0 Å². The second-order valence-corrected chi connectivity index (χ2v) is 5.89. The van der Waals surface area contributed by atoms with Crippen molar-refractivity contribution in [3.63, 3.8) is 0 Å². The van der Waals surface area contributed by atoms with Crippen LogP contribution in [0.5, 0.6) is 5.75 Å². The molecular formula is C19H22O3. The number of hydrogen-bond donors (Lipinski definition) is 1. The second kappa shape index (κ2) is 6.65. The number of hydrogen-bond acceptors (Lipinski definition) is 2. The Labute approximate surface area is 131 Å². The maximum absolute atomic E-state index is 11.5. The summed E-state index contributed by atoms with van der Waals surface area (Å²) in [7, 11) is 0. The molecule has 0 aliphatic rings. The number of carboxylic acid groups (broad SMARTS) is 1. The van der Waals surface area contributed by atoms with Crippen LogP contribution < -0.4 is 4.74 Å². The van der Waals surface area contributed by atoms with Crippen LogP contribution in [0.1, 0.15) is 27.8 Å². The molecule has 0 saturated heterocycles. The summed E-state index contributed by atoms with van der Waals surface area (Å²) in [4.78, 5) is 11.5. The minimum Gasteiger partial charge on any atom is -0.478 e. The van der Waals surface area contributed by atoms with Crippen LogP contribution in [0.15, 0.2) is 36.4 Å². The second-order valence-electron chi connectivity index (χ2n) is 5.89. The quantitative estimate of drug-likeness (QED) is 0.907. The van der Waals surface area contributed by atoms with Gasteiger partial charge in [0.1, 0.15) is 5.75 Å². The first-order valence-corrected chi connectivity index (χ1v) is 7.39. The van der Waals surface area contributed by atoms with Crippen molar-refractivity contribution >= 4 is 5.97 Å². The predicted molar refractivity (Wildman–Crippen MR) is 87.6 cm³/mol. The van der Waals surface area contributed by atoms with Crippen molar-refractivity contribution < 1.29 is 14.6 Å². The zero-order chi connectivity index (χ0) is 16.3. The molecule has 0 heterocycles. The summed E-state index contributed by atoms with van der Waals surface area (Å²) in [6.45, 7) is 8.03. The summed E-state index contributed by atoms with van der Waals surface area (Å²) in [5, 5.41) is 9.43. The van der Waals surface area contributed by atoms with Crippen LogP contribution in [0.2, 0.25) is 0 Å². The van der Waals surface area contributed by atoms with Crippen molar-refractivity contribution in [1.29, 1.82) is 0 Å². The van der Waals surface area contributed by atoms with E-state index >= 15 is 0 Å².